The molecule has 14 heteroatoms. The first kappa shape index (κ1) is 28.5. The summed E-state index contributed by atoms with van der Waals surface area (Å²) >= 11 is 0. The second-order valence-corrected chi connectivity index (χ2v) is 13.4. The first-order valence-corrected chi connectivity index (χ1v) is 16.6. The number of anilines is 4. The molecule has 44 heavy (non-hydrogen) atoms. The van der Waals surface area contributed by atoms with Gasteiger partial charge in [-0.15, -0.1) is 0 Å². The average Bonchev–Trinajstić information content (AvgIpc) is 3.67. The van der Waals surface area contributed by atoms with Crippen molar-refractivity contribution in [1.29, 1.82) is 0 Å². The number of sulfone groups is 1. The highest BCUT2D eigenvalue weighted by atomic mass is 32.2. The van der Waals surface area contributed by atoms with Crippen molar-refractivity contribution in [3.63, 3.8) is 0 Å². The highest BCUT2D eigenvalue weighted by Crippen LogP contribution is 2.37. The van der Waals surface area contributed by atoms with Crippen molar-refractivity contribution in [2.45, 2.75) is 57.4 Å². The number of ether oxygens (including phenoxy) is 2. The summed E-state index contributed by atoms with van der Waals surface area (Å²) in [6.07, 6.45) is 5.70. The Balaban J connectivity index is 1.34. The fourth-order valence-electron chi connectivity index (χ4n) is 5.92. The predicted molar refractivity (Wildman–Crippen MR) is 166 cm³/mol. The van der Waals surface area contributed by atoms with Crippen LogP contribution in [-0.4, -0.2) is 62.0 Å². The van der Waals surface area contributed by atoms with Crippen molar-refractivity contribution in [1.82, 2.24) is 34.1 Å². The third kappa shape index (κ3) is 5.22. The van der Waals surface area contributed by atoms with Crippen molar-refractivity contribution in [3.8, 4) is 11.1 Å². The van der Waals surface area contributed by atoms with E-state index in [9.17, 15) is 8.42 Å². The maximum atomic E-state index is 13.1. The summed E-state index contributed by atoms with van der Waals surface area (Å²) in [5, 5.41) is 15.8. The van der Waals surface area contributed by atoms with Crippen LogP contribution >= 0.6 is 0 Å². The lowest BCUT2D eigenvalue weighted by Gasteiger charge is -2.25. The summed E-state index contributed by atoms with van der Waals surface area (Å²) in [5.74, 6) is 1.95. The largest absolute Gasteiger partial charge is 0.373 e. The van der Waals surface area contributed by atoms with Gasteiger partial charge in [0.25, 0.3) is 0 Å². The van der Waals surface area contributed by atoms with Crippen molar-refractivity contribution in [3.05, 3.63) is 53.7 Å². The molecular weight excluding hydrogens is 582 g/mol. The summed E-state index contributed by atoms with van der Waals surface area (Å²) < 4.78 is 43.7. The van der Waals surface area contributed by atoms with Crippen LogP contribution in [0.3, 0.4) is 0 Å². The SMILES string of the molecule is Cc1c(-c2ccc(Nc3cc(Nc4cc5n(n4)CCOC5)nc4c3nc(C)n4C3CCCCO3)c(S(C)(=O)=O)c2)cnn1C. The molecule has 1 atom stereocenters. The quantitative estimate of drug-likeness (QED) is 0.262. The second-order valence-electron chi connectivity index (χ2n) is 11.4. The number of imidazole rings is 1. The zero-order valence-corrected chi connectivity index (χ0v) is 26.0. The monoisotopic (exact) mass is 617 g/mol. The van der Waals surface area contributed by atoms with Crippen LogP contribution in [0, 0.1) is 13.8 Å². The summed E-state index contributed by atoms with van der Waals surface area (Å²) in [6, 6.07) is 9.16. The van der Waals surface area contributed by atoms with Crippen LogP contribution in [0.15, 0.2) is 41.4 Å². The van der Waals surface area contributed by atoms with Crippen molar-refractivity contribution >= 4 is 44.0 Å². The molecule has 0 spiro atoms. The molecule has 0 aliphatic carbocycles. The lowest BCUT2D eigenvalue weighted by molar-refractivity contribution is -0.0308. The molecule has 1 unspecified atom stereocenters. The van der Waals surface area contributed by atoms with Gasteiger partial charge >= 0.3 is 0 Å². The van der Waals surface area contributed by atoms with Crippen LogP contribution in [0.4, 0.5) is 23.0 Å². The molecule has 6 heterocycles. The molecule has 1 saturated heterocycles. The average molecular weight is 618 g/mol. The molecule has 5 aromatic rings. The molecular formula is C30H35N9O4S. The summed E-state index contributed by atoms with van der Waals surface area (Å²) in [4.78, 5) is 10.0. The Kier molecular flexibility index (Phi) is 7.14. The number of fused-ring (bicyclic) bond motifs is 2. The Morgan fingerprint density at radius 2 is 1.86 bits per heavy atom. The highest BCUT2D eigenvalue weighted by Gasteiger charge is 2.25. The Bertz CT molecular complexity index is 1960. The van der Waals surface area contributed by atoms with Gasteiger partial charge in [0.15, 0.2) is 21.3 Å². The molecule has 230 valence electrons. The topological polar surface area (TPSA) is 143 Å². The molecule has 13 nitrogen and oxygen atoms in total. The minimum absolute atomic E-state index is 0.172. The van der Waals surface area contributed by atoms with E-state index in [1.54, 1.807) is 23.0 Å². The number of aromatic nitrogens is 7. The molecule has 7 rings (SSSR count). The number of rotatable bonds is 7. The van der Waals surface area contributed by atoms with Gasteiger partial charge in [-0.1, -0.05) is 6.07 Å². The zero-order chi connectivity index (χ0) is 30.6. The lowest BCUT2D eigenvalue weighted by atomic mass is 10.1. The Morgan fingerprint density at radius 3 is 2.59 bits per heavy atom. The van der Waals surface area contributed by atoms with E-state index in [0.29, 0.717) is 60.5 Å². The van der Waals surface area contributed by atoms with E-state index in [1.807, 2.05) is 48.3 Å². The standard InChI is InChI=1S/C30H35N9O4S/c1-18-22(16-31-37(18)3)20-8-9-23(25(13-20)44(4,40)41)33-24-15-26(34-27-14-21-17-42-12-10-38(21)36-27)35-30-29(24)32-19(2)39(30)28-7-5-6-11-43-28/h8-9,13-16,28H,5-7,10-12,17H2,1-4H3,(H2,33,34,35,36). The van der Waals surface area contributed by atoms with Crippen LogP contribution in [0.1, 0.15) is 42.7 Å². The molecule has 4 aromatic heterocycles. The van der Waals surface area contributed by atoms with E-state index in [1.165, 1.54) is 6.26 Å². The normalized spacial score (nSPS) is 17.1. The van der Waals surface area contributed by atoms with Gasteiger partial charge in [0.05, 0.1) is 47.9 Å². The zero-order valence-electron chi connectivity index (χ0n) is 25.2. The maximum absolute atomic E-state index is 13.1. The summed E-state index contributed by atoms with van der Waals surface area (Å²) in [7, 11) is -1.76. The molecule has 1 aromatic carbocycles. The van der Waals surface area contributed by atoms with Crippen molar-refractivity contribution in [2.75, 3.05) is 30.1 Å². The van der Waals surface area contributed by atoms with Crippen LogP contribution in [0.2, 0.25) is 0 Å². The van der Waals surface area contributed by atoms with Gasteiger partial charge < -0.3 is 20.1 Å². The molecule has 2 aliphatic heterocycles. The lowest BCUT2D eigenvalue weighted by Crippen LogP contribution is -2.19. The molecule has 2 aliphatic rings. The fourth-order valence-corrected chi connectivity index (χ4v) is 6.78. The number of nitrogens with zero attached hydrogens (tertiary/aromatic N) is 7. The van der Waals surface area contributed by atoms with E-state index >= 15 is 0 Å². The maximum Gasteiger partial charge on any atom is 0.177 e. The minimum atomic E-state index is -3.62. The molecule has 0 bridgehead atoms. The van der Waals surface area contributed by atoms with E-state index < -0.39 is 9.84 Å². The third-order valence-electron chi connectivity index (χ3n) is 8.28. The van der Waals surface area contributed by atoms with Gasteiger partial charge in [0.2, 0.25) is 0 Å². The van der Waals surface area contributed by atoms with Crippen LogP contribution in [-0.2, 0) is 39.5 Å². The summed E-state index contributed by atoms with van der Waals surface area (Å²) in [6.45, 7) is 6.37. The van der Waals surface area contributed by atoms with Crippen LogP contribution in [0.25, 0.3) is 22.3 Å². The van der Waals surface area contributed by atoms with E-state index in [-0.39, 0.29) is 11.1 Å². The van der Waals surface area contributed by atoms with Gasteiger partial charge in [0, 0.05) is 43.3 Å². The number of aryl methyl sites for hydroxylation is 2. The number of pyridine rings is 1. The first-order chi connectivity index (χ1) is 21.2. The van der Waals surface area contributed by atoms with Gasteiger partial charge in [0.1, 0.15) is 23.4 Å². The Hall–Kier alpha value is -4.27. The smallest absolute Gasteiger partial charge is 0.177 e. The van der Waals surface area contributed by atoms with Crippen LogP contribution < -0.4 is 10.6 Å². The second kappa shape index (κ2) is 11.0. The number of hydrogen-bond donors (Lipinski definition) is 2. The van der Waals surface area contributed by atoms with E-state index in [4.69, 9.17) is 19.4 Å². The molecule has 0 saturated carbocycles. The third-order valence-corrected chi connectivity index (χ3v) is 9.42. The van der Waals surface area contributed by atoms with Gasteiger partial charge in [-0.05, 0) is 50.8 Å². The number of nitrogens with one attached hydrogen (secondary N) is 2. The first-order valence-electron chi connectivity index (χ1n) is 14.7. The summed E-state index contributed by atoms with van der Waals surface area (Å²) in [5.41, 5.74) is 5.86. The molecule has 1 fully saturated rings. The van der Waals surface area contributed by atoms with Gasteiger partial charge in [-0.25, -0.2) is 18.4 Å². The van der Waals surface area contributed by atoms with Crippen molar-refractivity contribution < 1.29 is 17.9 Å². The van der Waals surface area contributed by atoms with E-state index in [0.717, 1.165) is 47.6 Å². The van der Waals surface area contributed by atoms with Crippen LogP contribution in [0.5, 0.6) is 0 Å². The van der Waals surface area contributed by atoms with Crippen molar-refractivity contribution in [2.24, 2.45) is 7.05 Å². The molecule has 0 radical (unpaired) electrons. The molecule has 2 N–H and O–H groups in total. The van der Waals surface area contributed by atoms with E-state index in [2.05, 4.69) is 20.8 Å². The van der Waals surface area contributed by atoms with Gasteiger partial charge in [-0.2, -0.15) is 10.2 Å². The highest BCUT2D eigenvalue weighted by molar-refractivity contribution is 7.90. The minimum Gasteiger partial charge on any atom is -0.373 e. The number of hydrogen-bond acceptors (Lipinski definition) is 10. The van der Waals surface area contributed by atoms with Gasteiger partial charge in [-0.3, -0.25) is 13.9 Å². The number of benzene rings is 1. The fraction of sp³-hybridized carbons (Fsp3) is 0.400. The molecule has 0 amide bonds. The Morgan fingerprint density at radius 1 is 1.00 bits per heavy atom. The Labute approximate surface area is 255 Å². The predicted octanol–water partition coefficient (Wildman–Crippen LogP) is 4.77.